The van der Waals surface area contributed by atoms with Crippen LogP contribution in [0.4, 0.5) is 0 Å². The number of hydrogen-bond acceptors (Lipinski definition) is 4. The van der Waals surface area contributed by atoms with E-state index >= 15 is 0 Å². The molecule has 2 saturated heterocycles. The highest BCUT2D eigenvalue weighted by Crippen LogP contribution is 2.30. The summed E-state index contributed by atoms with van der Waals surface area (Å²) in [5, 5.41) is 8.93. The van der Waals surface area contributed by atoms with Gasteiger partial charge >= 0.3 is 0 Å². The number of nitriles is 1. The minimum Gasteiger partial charge on any atom is -0.346 e. The summed E-state index contributed by atoms with van der Waals surface area (Å²) in [5.74, 6) is -0.370. The molecule has 4 heteroatoms. The number of ether oxygens (including phenoxy) is 2. The van der Waals surface area contributed by atoms with Gasteiger partial charge in [0, 0.05) is 13.0 Å². The molecule has 0 unspecified atom stereocenters. The van der Waals surface area contributed by atoms with Gasteiger partial charge < -0.3 is 9.47 Å². The summed E-state index contributed by atoms with van der Waals surface area (Å²) in [7, 11) is 0. The van der Waals surface area contributed by atoms with Crippen LogP contribution in [-0.2, 0) is 16.0 Å². The SMILES string of the molecule is N#Cc1cccc(CN2CCCC3(C2)OCCO3)c1. The maximum absolute atomic E-state index is 8.93. The molecule has 0 aliphatic carbocycles. The summed E-state index contributed by atoms with van der Waals surface area (Å²) in [6, 6.07) is 9.99. The Labute approximate surface area is 113 Å². The van der Waals surface area contributed by atoms with Gasteiger partial charge in [-0.3, -0.25) is 4.90 Å². The fourth-order valence-electron chi connectivity index (χ4n) is 2.94. The zero-order valence-corrected chi connectivity index (χ0v) is 11.0. The van der Waals surface area contributed by atoms with Crippen LogP contribution >= 0.6 is 0 Å². The summed E-state index contributed by atoms with van der Waals surface area (Å²) < 4.78 is 11.6. The van der Waals surface area contributed by atoms with Crippen molar-refractivity contribution in [2.75, 3.05) is 26.3 Å². The molecule has 0 N–H and O–H groups in total. The fraction of sp³-hybridized carbons (Fsp3) is 0.533. The van der Waals surface area contributed by atoms with Gasteiger partial charge in [0.15, 0.2) is 5.79 Å². The number of nitrogens with zero attached hydrogens (tertiary/aromatic N) is 2. The minimum atomic E-state index is -0.370. The Hall–Kier alpha value is -1.41. The second kappa shape index (κ2) is 5.30. The van der Waals surface area contributed by atoms with Crippen molar-refractivity contribution in [1.82, 2.24) is 4.90 Å². The summed E-state index contributed by atoms with van der Waals surface area (Å²) >= 11 is 0. The van der Waals surface area contributed by atoms with Crippen molar-refractivity contribution in [2.24, 2.45) is 0 Å². The van der Waals surface area contributed by atoms with Crippen LogP contribution in [0.2, 0.25) is 0 Å². The van der Waals surface area contributed by atoms with Crippen LogP contribution in [0.1, 0.15) is 24.0 Å². The van der Waals surface area contributed by atoms with Crippen molar-refractivity contribution in [3.8, 4) is 6.07 Å². The molecule has 0 atom stereocenters. The molecule has 2 aliphatic rings. The van der Waals surface area contributed by atoms with Crippen molar-refractivity contribution < 1.29 is 9.47 Å². The highest BCUT2D eigenvalue weighted by Gasteiger charge is 2.40. The Morgan fingerprint density at radius 2 is 2.16 bits per heavy atom. The van der Waals surface area contributed by atoms with Crippen LogP contribution in [0.25, 0.3) is 0 Å². The molecule has 2 fully saturated rings. The molecule has 0 aromatic heterocycles. The van der Waals surface area contributed by atoms with Crippen LogP contribution < -0.4 is 0 Å². The van der Waals surface area contributed by atoms with E-state index in [1.807, 2.05) is 18.2 Å². The summed E-state index contributed by atoms with van der Waals surface area (Å²) in [4.78, 5) is 2.35. The van der Waals surface area contributed by atoms with Gasteiger partial charge in [0.2, 0.25) is 0 Å². The standard InChI is InChI=1S/C15H18N2O2/c16-10-13-3-1-4-14(9-13)11-17-6-2-5-15(12-17)18-7-8-19-15/h1,3-4,9H,2,5-8,11-12H2. The van der Waals surface area contributed by atoms with Gasteiger partial charge in [0.05, 0.1) is 31.4 Å². The van der Waals surface area contributed by atoms with Crippen molar-refractivity contribution in [3.63, 3.8) is 0 Å². The average molecular weight is 258 g/mol. The molecular weight excluding hydrogens is 240 g/mol. The maximum Gasteiger partial charge on any atom is 0.181 e. The predicted molar refractivity (Wildman–Crippen MR) is 70.3 cm³/mol. The van der Waals surface area contributed by atoms with Gasteiger partial charge in [-0.2, -0.15) is 5.26 Å². The smallest absolute Gasteiger partial charge is 0.181 e. The molecule has 1 aromatic carbocycles. The number of hydrogen-bond donors (Lipinski definition) is 0. The lowest BCUT2D eigenvalue weighted by molar-refractivity contribution is -0.190. The Balaban J connectivity index is 1.67. The van der Waals surface area contributed by atoms with Gasteiger partial charge in [-0.15, -0.1) is 0 Å². The number of benzene rings is 1. The normalized spacial score (nSPS) is 22.5. The molecule has 0 bridgehead atoms. The number of piperidine rings is 1. The van der Waals surface area contributed by atoms with E-state index in [4.69, 9.17) is 14.7 Å². The quantitative estimate of drug-likeness (QED) is 0.812. The molecule has 4 nitrogen and oxygen atoms in total. The van der Waals surface area contributed by atoms with Gasteiger partial charge in [-0.25, -0.2) is 0 Å². The lowest BCUT2D eigenvalue weighted by Crippen LogP contribution is -2.48. The first-order chi connectivity index (χ1) is 9.30. The third-order valence-electron chi connectivity index (χ3n) is 3.77. The van der Waals surface area contributed by atoms with E-state index in [-0.39, 0.29) is 5.79 Å². The molecule has 3 rings (SSSR count). The van der Waals surface area contributed by atoms with E-state index in [0.29, 0.717) is 13.2 Å². The molecule has 0 radical (unpaired) electrons. The highest BCUT2D eigenvalue weighted by atomic mass is 16.7. The summed E-state index contributed by atoms with van der Waals surface area (Å²) in [6.45, 7) is 4.15. The average Bonchev–Trinajstić information content (AvgIpc) is 2.87. The van der Waals surface area contributed by atoms with Crippen LogP contribution in [-0.4, -0.2) is 37.0 Å². The minimum absolute atomic E-state index is 0.370. The zero-order chi connectivity index (χ0) is 13.1. The van der Waals surface area contributed by atoms with E-state index < -0.39 is 0 Å². The molecule has 2 aliphatic heterocycles. The zero-order valence-electron chi connectivity index (χ0n) is 11.0. The first-order valence-electron chi connectivity index (χ1n) is 6.79. The molecule has 1 aromatic rings. The maximum atomic E-state index is 8.93. The van der Waals surface area contributed by atoms with Crippen LogP contribution in [0.3, 0.4) is 0 Å². The van der Waals surface area contributed by atoms with E-state index in [1.165, 1.54) is 5.56 Å². The second-order valence-corrected chi connectivity index (χ2v) is 5.23. The third kappa shape index (κ3) is 2.79. The van der Waals surface area contributed by atoms with Crippen molar-refractivity contribution >= 4 is 0 Å². The van der Waals surface area contributed by atoms with Crippen molar-refractivity contribution in [3.05, 3.63) is 35.4 Å². The third-order valence-corrected chi connectivity index (χ3v) is 3.77. The molecular formula is C15H18N2O2. The fourth-order valence-corrected chi connectivity index (χ4v) is 2.94. The first kappa shape index (κ1) is 12.6. The lowest BCUT2D eigenvalue weighted by Gasteiger charge is -2.38. The summed E-state index contributed by atoms with van der Waals surface area (Å²) in [6.07, 6.45) is 2.08. The van der Waals surface area contributed by atoms with E-state index in [1.54, 1.807) is 0 Å². The molecule has 1 spiro atoms. The number of rotatable bonds is 2. The largest absolute Gasteiger partial charge is 0.346 e. The second-order valence-electron chi connectivity index (χ2n) is 5.23. The van der Waals surface area contributed by atoms with Crippen LogP contribution in [0, 0.1) is 11.3 Å². The van der Waals surface area contributed by atoms with E-state index in [2.05, 4.69) is 17.0 Å². The Bertz CT molecular complexity index is 489. The number of likely N-dealkylation sites (tertiary alicyclic amines) is 1. The van der Waals surface area contributed by atoms with Crippen LogP contribution in [0.5, 0.6) is 0 Å². The molecule has 0 saturated carbocycles. The molecule has 2 heterocycles. The van der Waals surface area contributed by atoms with E-state index in [9.17, 15) is 0 Å². The van der Waals surface area contributed by atoms with Crippen LogP contribution in [0.15, 0.2) is 24.3 Å². The topological polar surface area (TPSA) is 45.5 Å². The first-order valence-corrected chi connectivity index (χ1v) is 6.79. The highest BCUT2D eigenvalue weighted by molar-refractivity contribution is 5.32. The molecule has 19 heavy (non-hydrogen) atoms. The monoisotopic (exact) mass is 258 g/mol. The van der Waals surface area contributed by atoms with Gasteiger partial charge in [-0.1, -0.05) is 12.1 Å². The summed E-state index contributed by atoms with van der Waals surface area (Å²) in [5.41, 5.74) is 1.90. The molecule has 0 amide bonds. The Kier molecular flexibility index (Phi) is 3.52. The molecule has 100 valence electrons. The van der Waals surface area contributed by atoms with Crippen molar-refractivity contribution in [2.45, 2.75) is 25.2 Å². The van der Waals surface area contributed by atoms with Gasteiger partial charge in [0.1, 0.15) is 0 Å². The predicted octanol–water partition coefficient (Wildman–Crippen LogP) is 1.90. The van der Waals surface area contributed by atoms with Crippen molar-refractivity contribution in [1.29, 1.82) is 5.26 Å². The van der Waals surface area contributed by atoms with Gasteiger partial charge in [0.25, 0.3) is 0 Å². The Morgan fingerprint density at radius 3 is 2.95 bits per heavy atom. The van der Waals surface area contributed by atoms with E-state index in [0.717, 1.165) is 38.0 Å². The Morgan fingerprint density at radius 1 is 1.32 bits per heavy atom. The lowest BCUT2D eigenvalue weighted by atomic mass is 10.0. The van der Waals surface area contributed by atoms with Gasteiger partial charge in [-0.05, 0) is 30.7 Å².